The molecule has 2 heteroatoms. The molecule has 0 radical (unpaired) electrons. The third kappa shape index (κ3) is 3.46. The number of rotatable bonds is 5. The molecule has 0 spiro atoms. The summed E-state index contributed by atoms with van der Waals surface area (Å²) in [6, 6.07) is 1.39. The molecule has 1 heterocycles. The second kappa shape index (κ2) is 5.31. The predicted octanol–water partition coefficient (Wildman–Crippen LogP) is 2.49. The van der Waals surface area contributed by atoms with Crippen LogP contribution in [0.3, 0.4) is 0 Å². The summed E-state index contributed by atoms with van der Waals surface area (Å²) in [5.74, 6) is 0. The van der Waals surface area contributed by atoms with Crippen LogP contribution in [-0.4, -0.2) is 36.6 Å². The van der Waals surface area contributed by atoms with E-state index in [1.54, 1.807) is 0 Å². The van der Waals surface area contributed by atoms with Gasteiger partial charge in [0.15, 0.2) is 0 Å². The van der Waals surface area contributed by atoms with Crippen molar-refractivity contribution in [2.45, 2.75) is 59.5 Å². The number of hydrogen-bond acceptors (Lipinski definition) is 2. The summed E-state index contributed by atoms with van der Waals surface area (Å²) in [5.41, 5.74) is 0.496. The lowest BCUT2D eigenvalue weighted by Crippen LogP contribution is -2.39. The highest BCUT2D eigenvalue weighted by Crippen LogP contribution is 2.31. The van der Waals surface area contributed by atoms with Crippen LogP contribution in [0, 0.1) is 5.41 Å². The molecule has 1 saturated heterocycles. The van der Waals surface area contributed by atoms with E-state index >= 15 is 0 Å². The molecule has 0 aromatic rings. The Morgan fingerprint density at radius 2 is 2.07 bits per heavy atom. The quantitative estimate of drug-likeness (QED) is 0.753. The summed E-state index contributed by atoms with van der Waals surface area (Å²) < 4.78 is 0. The first-order valence-corrected chi connectivity index (χ1v) is 6.45. The largest absolute Gasteiger partial charge is 0.313 e. The third-order valence-corrected chi connectivity index (χ3v) is 3.94. The topological polar surface area (TPSA) is 15.3 Å². The highest BCUT2D eigenvalue weighted by atomic mass is 15.1. The van der Waals surface area contributed by atoms with Crippen molar-refractivity contribution in [1.29, 1.82) is 0 Å². The molecule has 0 aromatic carbocycles. The Kier molecular flexibility index (Phi) is 4.60. The van der Waals surface area contributed by atoms with Gasteiger partial charge in [0.1, 0.15) is 0 Å². The third-order valence-electron chi connectivity index (χ3n) is 3.94. The molecule has 2 nitrogen and oxygen atoms in total. The number of hydrogen-bond donors (Lipinski definition) is 1. The molecule has 0 saturated carbocycles. The molecule has 1 aliphatic heterocycles. The Bertz CT molecular complexity index is 187. The molecule has 1 N–H and O–H groups in total. The molecule has 15 heavy (non-hydrogen) atoms. The van der Waals surface area contributed by atoms with Crippen molar-refractivity contribution in [3.05, 3.63) is 0 Å². The number of nitrogens with zero attached hydrogens (tertiary/aromatic N) is 1. The van der Waals surface area contributed by atoms with Crippen molar-refractivity contribution in [3.63, 3.8) is 0 Å². The van der Waals surface area contributed by atoms with Crippen LogP contribution in [0.4, 0.5) is 0 Å². The lowest BCUT2D eigenvalue weighted by molar-refractivity contribution is 0.199. The van der Waals surface area contributed by atoms with E-state index in [0.717, 1.165) is 0 Å². The molecular weight excluding hydrogens is 184 g/mol. The van der Waals surface area contributed by atoms with E-state index in [-0.39, 0.29) is 0 Å². The molecule has 0 aliphatic carbocycles. The van der Waals surface area contributed by atoms with Gasteiger partial charge in [-0.15, -0.1) is 0 Å². The number of nitrogens with one attached hydrogen (secondary N) is 1. The van der Waals surface area contributed by atoms with Crippen LogP contribution >= 0.6 is 0 Å². The lowest BCUT2D eigenvalue weighted by atomic mass is 9.83. The minimum atomic E-state index is 0.496. The molecule has 1 atom stereocenters. The fraction of sp³-hybridized carbons (Fsp3) is 1.00. The van der Waals surface area contributed by atoms with Crippen LogP contribution in [0.1, 0.15) is 47.5 Å². The average Bonchev–Trinajstić information content (AvgIpc) is 2.46. The summed E-state index contributed by atoms with van der Waals surface area (Å²) in [6.45, 7) is 15.2. The lowest BCUT2D eigenvalue weighted by Gasteiger charge is -2.31. The maximum atomic E-state index is 3.64. The smallest absolute Gasteiger partial charge is 0.0131 e. The van der Waals surface area contributed by atoms with Crippen molar-refractivity contribution < 1.29 is 0 Å². The molecule has 90 valence electrons. The standard InChI is InChI=1S/C13H28N2/c1-6-15(11(2)3)10-7-12-13(4,5)8-9-14-12/h11-12,14H,6-10H2,1-5H3. The van der Waals surface area contributed by atoms with E-state index in [1.165, 1.54) is 32.5 Å². The summed E-state index contributed by atoms with van der Waals surface area (Å²) in [6.07, 6.45) is 2.62. The Balaban J connectivity index is 2.36. The van der Waals surface area contributed by atoms with Gasteiger partial charge in [-0.1, -0.05) is 20.8 Å². The summed E-state index contributed by atoms with van der Waals surface area (Å²) in [5, 5.41) is 3.64. The first kappa shape index (κ1) is 13.0. The first-order chi connectivity index (χ1) is 6.97. The Hall–Kier alpha value is -0.0800. The van der Waals surface area contributed by atoms with E-state index in [0.29, 0.717) is 17.5 Å². The van der Waals surface area contributed by atoms with Gasteiger partial charge in [0, 0.05) is 12.1 Å². The van der Waals surface area contributed by atoms with Gasteiger partial charge in [-0.25, -0.2) is 0 Å². The molecule has 1 aliphatic rings. The van der Waals surface area contributed by atoms with Gasteiger partial charge in [-0.3, -0.25) is 0 Å². The fourth-order valence-corrected chi connectivity index (χ4v) is 2.59. The highest BCUT2D eigenvalue weighted by Gasteiger charge is 2.33. The van der Waals surface area contributed by atoms with Gasteiger partial charge < -0.3 is 10.2 Å². The fourth-order valence-electron chi connectivity index (χ4n) is 2.59. The Morgan fingerprint density at radius 1 is 1.40 bits per heavy atom. The van der Waals surface area contributed by atoms with Crippen molar-refractivity contribution in [2.24, 2.45) is 5.41 Å². The van der Waals surface area contributed by atoms with Gasteiger partial charge in [-0.05, 0) is 51.7 Å². The maximum absolute atomic E-state index is 3.64. The van der Waals surface area contributed by atoms with E-state index in [4.69, 9.17) is 0 Å². The summed E-state index contributed by atoms with van der Waals surface area (Å²) in [4.78, 5) is 2.55. The second-order valence-electron chi connectivity index (χ2n) is 5.76. The van der Waals surface area contributed by atoms with Crippen LogP contribution in [-0.2, 0) is 0 Å². The van der Waals surface area contributed by atoms with Crippen molar-refractivity contribution >= 4 is 0 Å². The van der Waals surface area contributed by atoms with Crippen LogP contribution in [0.25, 0.3) is 0 Å². The van der Waals surface area contributed by atoms with E-state index in [9.17, 15) is 0 Å². The van der Waals surface area contributed by atoms with Crippen molar-refractivity contribution in [3.8, 4) is 0 Å². The normalized spacial score (nSPS) is 25.4. The van der Waals surface area contributed by atoms with Crippen LogP contribution < -0.4 is 5.32 Å². The monoisotopic (exact) mass is 212 g/mol. The molecular formula is C13H28N2. The Morgan fingerprint density at radius 3 is 2.47 bits per heavy atom. The molecule has 0 amide bonds. The van der Waals surface area contributed by atoms with Gasteiger partial charge in [-0.2, -0.15) is 0 Å². The highest BCUT2D eigenvalue weighted by molar-refractivity contribution is 4.91. The van der Waals surface area contributed by atoms with Crippen LogP contribution in [0.2, 0.25) is 0 Å². The Labute approximate surface area is 95.4 Å². The zero-order valence-electron chi connectivity index (χ0n) is 11.1. The van der Waals surface area contributed by atoms with E-state index < -0.39 is 0 Å². The molecule has 0 bridgehead atoms. The van der Waals surface area contributed by atoms with Gasteiger partial charge in [0.2, 0.25) is 0 Å². The molecule has 0 aromatic heterocycles. The van der Waals surface area contributed by atoms with Crippen molar-refractivity contribution in [1.82, 2.24) is 10.2 Å². The zero-order valence-corrected chi connectivity index (χ0v) is 11.1. The van der Waals surface area contributed by atoms with Crippen LogP contribution in [0.5, 0.6) is 0 Å². The van der Waals surface area contributed by atoms with Gasteiger partial charge in [0.25, 0.3) is 0 Å². The summed E-state index contributed by atoms with van der Waals surface area (Å²) >= 11 is 0. The SMILES string of the molecule is CCN(CCC1NCCC1(C)C)C(C)C. The van der Waals surface area contributed by atoms with Gasteiger partial charge >= 0.3 is 0 Å². The minimum Gasteiger partial charge on any atom is -0.313 e. The zero-order chi connectivity index (χ0) is 11.5. The molecule has 1 rings (SSSR count). The average molecular weight is 212 g/mol. The first-order valence-electron chi connectivity index (χ1n) is 6.45. The molecule has 1 unspecified atom stereocenters. The maximum Gasteiger partial charge on any atom is 0.0131 e. The van der Waals surface area contributed by atoms with Crippen molar-refractivity contribution in [2.75, 3.05) is 19.6 Å². The second-order valence-corrected chi connectivity index (χ2v) is 5.76. The van der Waals surface area contributed by atoms with E-state index in [2.05, 4.69) is 44.8 Å². The van der Waals surface area contributed by atoms with Crippen LogP contribution in [0.15, 0.2) is 0 Å². The summed E-state index contributed by atoms with van der Waals surface area (Å²) in [7, 11) is 0. The molecule has 1 fully saturated rings. The minimum absolute atomic E-state index is 0.496. The van der Waals surface area contributed by atoms with Gasteiger partial charge in [0.05, 0.1) is 0 Å². The predicted molar refractivity (Wildman–Crippen MR) is 67.2 cm³/mol. The van der Waals surface area contributed by atoms with E-state index in [1.807, 2.05) is 0 Å².